The van der Waals surface area contributed by atoms with Crippen LogP contribution >= 0.6 is 0 Å². The summed E-state index contributed by atoms with van der Waals surface area (Å²) in [6.07, 6.45) is 3.46. The summed E-state index contributed by atoms with van der Waals surface area (Å²) < 4.78 is 0. The first-order chi connectivity index (χ1) is 9.24. The molecule has 0 spiro atoms. The molecular formula is C15H14N4. The van der Waals surface area contributed by atoms with Crippen molar-refractivity contribution >= 4 is 28.1 Å². The lowest BCUT2D eigenvalue weighted by Gasteiger charge is -2.09. The quantitative estimate of drug-likeness (QED) is 0.732. The largest absolute Gasteiger partial charge is 0.397 e. The van der Waals surface area contributed by atoms with Crippen LogP contribution < -0.4 is 11.1 Å². The Bertz CT molecular complexity index is 732. The number of hydrogen-bond acceptors (Lipinski definition) is 4. The molecule has 0 aliphatic carbocycles. The van der Waals surface area contributed by atoms with Gasteiger partial charge < -0.3 is 11.1 Å². The maximum Gasteiger partial charge on any atom is 0.130 e. The highest BCUT2D eigenvalue weighted by molar-refractivity contribution is 5.92. The standard InChI is InChI=1S/C15H14N4/c1-10-8-15(18-9-12(10)16)19-14-6-2-5-13-11(14)4-3-7-17-13/h2-9H,16H2,1H3,(H,18,19). The second-order valence-electron chi connectivity index (χ2n) is 4.43. The fraction of sp³-hybridized carbons (Fsp3) is 0.0667. The highest BCUT2D eigenvalue weighted by Gasteiger charge is 2.03. The Balaban J connectivity index is 2.03. The number of pyridine rings is 2. The summed E-state index contributed by atoms with van der Waals surface area (Å²) in [7, 11) is 0. The molecule has 0 saturated carbocycles. The second-order valence-corrected chi connectivity index (χ2v) is 4.43. The van der Waals surface area contributed by atoms with Gasteiger partial charge in [0.15, 0.2) is 0 Å². The zero-order chi connectivity index (χ0) is 13.2. The van der Waals surface area contributed by atoms with E-state index in [2.05, 4.69) is 15.3 Å². The minimum atomic E-state index is 0.699. The van der Waals surface area contributed by atoms with Gasteiger partial charge in [0.1, 0.15) is 5.82 Å². The summed E-state index contributed by atoms with van der Waals surface area (Å²) in [5.74, 6) is 0.781. The Kier molecular flexibility index (Phi) is 2.76. The number of nitrogens with two attached hydrogens (primary N) is 1. The normalized spacial score (nSPS) is 10.6. The van der Waals surface area contributed by atoms with Gasteiger partial charge in [-0.1, -0.05) is 6.07 Å². The predicted octanol–water partition coefficient (Wildman–Crippen LogP) is 3.26. The number of nitrogens with zero attached hydrogens (tertiary/aromatic N) is 2. The Labute approximate surface area is 111 Å². The number of anilines is 3. The topological polar surface area (TPSA) is 63.8 Å². The molecule has 2 heterocycles. The van der Waals surface area contributed by atoms with E-state index in [4.69, 9.17) is 5.73 Å². The average molecular weight is 250 g/mol. The first-order valence-corrected chi connectivity index (χ1v) is 6.07. The van der Waals surface area contributed by atoms with Gasteiger partial charge >= 0.3 is 0 Å². The summed E-state index contributed by atoms with van der Waals surface area (Å²) in [6.45, 7) is 1.97. The van der Waals surface area contributed by atoms with Gasteiger partial charge in [-0.05, 0) is 42.8 Å². The van der Waals surface area contributed by atoms with Crippen molar-refractivity contribution < 1.29 is 0 Å². The first kappa shape index (κ1) is 11.5. The lowest BCUT2D eigenvalue weighted by molar-refractivity contribution is 1.28. The zero-order valence-corrected chi connectivity index (χ0v) is 10.6. The molecule has 19 heavy (non-hydrogen) atoms. The Morgan fingerprint density at radius 3 is 2.84 bits per heavy atom. The molecule has 0 atom stereocenters. The molecule has 4 heteroatoms. The van der Waals surface area contributed by atoms with Gasteiger partial charge in [0.05, 0.1) is 17.4 Å². The summed E-state index contributed by atoms with van der Waals surface area (Å²) in [5.41, 5.74) is 9.43. The van der Waals surface area contributed by atoms with E-state index in [1.807, 2.05) is 43.3 Å². The van der Waals surface area contributed by atoms with Crippen molar-refractivity contribution in [3.63, 3.8) is 0 Å². The molecule has 94 valence electrons. The van der Waals surface area contributed by atoms with Crippen molar-refractivity contribution in [3.8, 4) is 0 Å². The van der Waals surface area contributed by atoms with Crippen LogP contribution in [0.1, 0.15) is 5.56 Å². The number of rotatable bonds is 2. The zero-order valence-electron chi connectivity index (χ0n) is 10.6. The van der Waals surface area contributed by atoms with E-state index in [0.29, 0.717) is 5.69 Å². The number of hydrogen-bond donors (Lipinski definition) is 2. The van der Waals surface area contributed by atoms with Gasteiger partial charge in [-0.15, -0.1) is 0 Å². The van der Waals surface area contributed by atoms with Gasteiger partial charge in [0, 0.05) is 17.3 Å². The van der Waals surface area contributed by atoms with Crippen LogP contribution in [0.2, 0.25) is 0 Å². The fourth-order valence-electron chi connectivity index (χ4n) is 1.99. The van der Waals surface area contributed by atoms with Crippen LogP contribution in [-0.2, 0) is 0 Å². The Morgan fingerprint density at radius 1 is 1.11 bits per heavy atom. The average Bonchev–Trinajstić information content (AvgIpc) is 2.43. The van der Waals surface area contributed by atoms with Crippen LogP contribution in [0.15, 0.2) is 48.8 Å². The lowest BCUT2D eigenvalue weighted by atomic mass is 10.2. The van der Waals surface area contributed by atoms with Crippen LogP contribution in [0.5, 0.6) is 0 Å². The Morgan fingerprint density at radius 2 is 2.00 bits per heavy atom. The maximum atomic E-state index is 5.77. The Hall–Kier alpha value is -2.62. The van der Waals surface area contributed by atoms with Crippen LogP contribution in [-0.4, -0.2) is 9.97 Å². The molecule has 0 bridgehead atoms. The molecule has 3 aromatic rings. The molecule has 1 aromatic carbocycles. The van der Waals surface area contributed by atoms with Crippen LogP contribution in [0.25, 0.3) is 10.9 Å². The molecular weight excluding hydrogens is 236 g/mol. The van der Waals surface area contributed by atoms with E-state index in [9.17, 15) is 0 Å². The van der Waals surface area contributed by atoms with Crippen molar-refractivity contribution in [3.05, 3.63) is 54.4 Å². The minimum Gasteiger partial charge on any atom is -0.397 e. The number of nitrogens with one attached hydrogen (secondary N) is 1. The van der Waals surface area contributed by atoms with Gasteiger partial charge in [-0.25, -0.2) is 4.98 Å². The molecule has 0 aliphatic rings. The van der Waals surface area contributed by atoms with E-state index in [1.54, 1.807) is 12.4 Å². The molecule has 0 radical (unpaired) electrons. The van der Waals surface area contributed by atoms with E-state index >= 15 is 0 Å². The van der Waals surface area contributed by atoms with E-state index < -0.39 is 0 Å². The van der Waals surface area contributed by atoms with E-state index in [-0.39, 0.29) is 0 Å². The van der Waals surface area contributed by atoms with Crippen LogP contribution in [0.3, 0.4) is 0 Å². The highest BCUT2D eigenvalue weighted by Crippen LogP contribution is 2.25. The van der Waals surface area contributed by atoms with Crippen LogP contribution in [0, 0.1) is 6.92 Å². The van der Waals surface area contributed by atoms with Crippen molar-refractivity contribution in [2.45, 2.75) is 6.92 Å². The smallest absolute Gasteiger partial charge is 0.130 e. The maximum absolute atomic E-state index is 5.77. The van der Waals surface area contributed by atoms with E-state index in [1.165, 1.54) is 0 Å². The third-order valence-corrected chi connectivity index (χ3v) is 3.06. The molecule has 3 N–H and O–H groups in total. The summed E-state index contributed by atoms with van der Waals surface area (Å²) in [5, 5.41) is 4.38. The summed E-state index contributed by atoms with van der Waals surface area (Å²) >= 11 is 0. The van der Waals surface area contributed by atoms with Crippen molar-refractivity contribution in [2.24, 2.45) is 0 Å². The van der Waals surface area contributed by atoms with Crippen molar-refractivity contribution in [2.75, 3.05) is 11.1 Å². The number of aromatic nitrogens is 2. The molecule has 0 amide bonds. The van der Waals surface area contributed by atoms with Crippen molar-refractivity contribution in [1.29, 1.82) is 0 Å². The number of fused-ring (bicyclic) bond motifs is 1. The number of benzene rings is 1. The molecule has 0 fully saturated rings. The third-order valence-electron chi connectivity index (χ3n) is 3.06. The number of nitrogen functional groups attached to an aromatic ring is 1. The van der Waals surface area contributed by atoms with Gasteiger partial charge in [0.2, 0.25) is 0 Å². The molecule has 0 saturated heterocycles. The highest BCUT2D eigenvalue weighted by atomic mass is 15.0. The first-order valence-electron chi connectivity index (χ1n) is 6.07. The minimum absolute atomic E-state index is 0.699. The fourth-order valence-corrected chi connectivity index (χ4v) is 1.99. The molecule has 4 nitrogen and oxygen atoms in total. The molecule has 3 rings (SSSR count). The molecule has 0 unspecified atom stereocenters. The lowest BCUT2D eigenvalue weighted by Crippen LogP contribution is -1.97. The number of aryl methyl sites for hydroxylation is 1. The van der Waals surface area contributed by atoms with E-state index in [0.717, 1.165) is 28.0 Å². The third kappa shape index (κ3) is 2.20. The van der Waals surface area contributed by atoms with Gasteiger partial charge in [-0.3, -0.25) is 4.98 Å². The monoisotopic (exact) mass is 250 g/mol. The van der Waals surface area contributed by atoms with Gasteiger partial charge in [0.25, 0.3) is 0 Å². The second kappa shape index (κ2) is 4.57. The summed E-state index contributed by atoms with van der Waals surface area (Å²) in [6, 6.07) is 11.9. The molecule has 0 aliphatic heterocycles. The summed E-state index contributed by atoms with van der Waals surface area (Å²) in [4.78, 5) is 8.62. The van der Waals surface area contributed by atoms with Gasteiger partial charge in [-0.2, -0.15) is 0 Å². The molecule has 2 aromatic heterocycles. The van der Waals surface area contributed by atoms with Crippen LogP contribution in [0.4, 0.5) is 17.2 Å². The van der Waals surface area contributed by atoms with Crippen molar-refractivity contribution in [1.82, 2.24) is 9.97 Å². The SMILES string of the molecule is Cc1cc(Nc2cccc3ncccc23)ncc1N. The predicted molar refractivity (Wildman–Crippen MR) is 78.4 cm³/mol.